The molecule has 8 rings (SSSR count). The maximum atomic E-state index is 13.3. The Balaban J connectivity index is 0.000000184. The predicted molar refractivity (Wildman–Crippen MR) is 222 cm³/mol. The SMILES string of the molecule is COc1ccc(-c2nccs2)c(C[C@@]2(N)C=CC=CC2)c1.COc1ccc(-c2nccs2)c(C[C@@]2(NC(=O)c3ccc4c(Cl)c[nH]c4c3)C=CC=CC2)c1. The molecule has 54 heavy (non-hydrogen) atoms. The van der Waals surface area contributed by atoms with Gasteiger partial charge in [0, 0.05) is 68.9 Å². The number of ether oxygens (including phenoxy) is 2. The molecular weight excluding hydrogens is 734 g/mol. The minimum atomic E-state index is -0.577. The summed E-state index contributed by atoms with van der Waals surface area (Å²) in [5.74, 6) is 1.49. The number of halogens is 1. The molecule has 0 saturated carbocycles. The summed E-state index contributed by atoms with van der Waals surface area (Å²) in [6, 6.07) is 17.6. The zero-order chi connectivity index (χ0) is 37.5. The summed E-state index contributed by atoms with van der Waals surface area (Å²) in [5, 5.41) is 10.8. The molecule has 2 aliphatic rings. The highest BCUT2D eigenvalue weighted by atomic mass is 35.5. The van der Waals surface area contributed by atoms with Crippen LogP contribution < -0.4 is 20.5 Å². The summed E-state index contributed by atoms with van der Waals surface area (Å²) in [7, 11) is 3.34. The van der Waals surface area contributed by atoms with Crippen molar-refractivity contribution >= 4 is 51.1 Å². The van der Waals surface area contributed by atoms with Crippen LogP contribution in [0.3, 0.4) is 0 Å². The molecule has 2 aliphatic carbocycles. The second-order valence-corrected chi connectivity index (χ2v) is 15.5. The average molecular weight is 774 g/mol. The van der Waals surface area contributed by atoms with Crippen LogP contribution in [0.2, 0.25) is 5.02 Å². The topological polar surface area (TPSA) is 115 Å². The van der Waals surface area contributed by atoms with E-state index in [1.54, 1.807) is 55.4 Å². The molecule has 274 valence electrons. The third-order valence-electron chi connectivity index (χ3n) is 9.55. The first-order valence-corrected chi connectivity index (χ1v) is 19.6. The normalized spacial score (nSPS) is 18.7. The van der Waals surface area contributed by atoms with Crippen LogP contribution >= 0.6 is 34.3 Å². The number of rotatable bonds is 10. The molecule has 2 atom stereocenters. The third kappa shape index (κ3) is 8.42. The van der Waals surface area contributed by atoms with E-state index in [0.717, 1.165) is 61.9 Å². The molecule has 0 spiro atoms. The van der Waals surface area contributed by atoms with Gasteiger partial charge in [0.2, 0.25) is 0 Å². The van der Waals surface area contributed by atoms with E-state index in [-0.39, 0.29) is 11.4 Å². The number of aromatic nitrogens is 3. The first kappa shape index (κ1) is 37.1. The summed E-state index contributed by atoms with van der Waals surface area (Å²) in [5.41, 5.74) is 11.4. The molecule has 0 fully saturated rings. The lowest BCUT2D eigenvalue weighted by atomic mass is 9.83. The summed E-state index contributed by atoms with van der Waals surface area (Å²) < 4.78 is 10.9. The van der Waals surface area contributed by atoms with Crippen molar-refractivity contribution < 1.29 is 14.3 Å². The largest absolute Gasteiger partial charge is 0.497 e. The first-order chi connectivity index (χ1) is 26.3. The highest BCUT2D eigenvalue weighted by Crippen LogP contribution is 2.35. The van der Waals surface area contributed by atoms with Gasteiger partial charge in [-0.1, -0.05) is 66.3 Å². The Bertz CT molecular complexity index is 2360. The van der Waals surface area contributed by atoms with Crippen LogP contribution in [0, 0.1) is 0 Å². The standard InChI is InChI=1S/C26H22ClN3O2S.C17H18N2OS/c1-32-19-6-8-20(25-28-11-12-33-25)18(13-19)15-26(9-3-2-4-10-26)30-24(31)17-5-7-21-22(27)16-29-23(21)14-17;1-20-14-5-6-15(16-19-9-10-21-16)13(11-14)12-17(18)7-3-2-4-8-17/h2-9,11-14,16,29H,10,15H2,1H3,(H,30,31);2-7,9-11H,8,12,18H2,1H3/t26-;17-/m11/s1. The number of hydrogen-bond acceptors (Lipinski definition) is 8. The second kappa shape index (κ2) is 16.4. The Morgan fingerprint density at radius 1 is 0.833 bits per heavy atom. The zero-order valence-electron chi connectivity index (χ0n) is 29.9. The number of amides is 1. The smallest absolute Gasteiger partial charge is 0.252 e. The van der Waals surface area contributed by atoms with Crippen LogP contribution in [0.25, 0.3) is 32.0 Å². The molecule has 0 aliphatic heterocycles. The van der Waals surface area contributed by atoms with Gasteiger partial charge in [0.1, 0.15) is 21.5 Å². The number of nitrogens with zero attached hydrogens (tertiary/aromatic N) is 2. The number of allylic oxidation sites excluding steroid dienone is 4. The van der Waals surface area contributed by atoms with Crippen LogP contribution in [-0.4, -0.2) is 46.2 Å². The van der Waals surface area contributed by atoms with Crippen molar-refractivity contribution in [1.82, 2.24) is 20.3 Å². The number of H-pyrrole nitrogens is 1. The van der Waals surface area contributed by atoms with E-state index in [2.05, 4.69) is 56.7 Å². The van der Waals surface area contributed by atoms with Crippen molar-refractivity contribution in [3.05, 3.63) is 154 Å². The Morgan fingerprint density at radius 2 is 1.46 bits per heavy atom. The lowest BCUT2D eigenvalue weighted by molar-refractivity contribution is 0.0917. The molecule has 0 bridgehead atoms. The van der Waals surface area contributed by atoms with Gasteiger partial charge >= 0.3 is 0 Å². The zero-order valence-corrected chi connectivity index (χ0v) is 32.3. The van der Waals surface area contributed by atoms with Crippen LogP contribution in [0.15, 0.2) is 133 Å². The minimum absolute atomic E-state index is 0.138. The first-order valence-electron chi connectivity index (χ1n) is 17.5. The molecule has 4 N–H and O–H groups in total. The van der Waals surface area contributed by atoms with Crippen molar-refractivity contribution in [3.8, 4) is 32.6 Å². The lowest BCUT2D eigenvalue weighted by Crippen LogP contribution is -2.49. The second-order valence-electron chi connectivity index (χ2n) is 13.3. The Labute approximate surface area is 327 Å². The van der Waals surface area contributed by atoms with Crippen molar-refractivity contribution in [1.29, 1.82) is 0 Å². The van der Waals surface area contributed by atoms with Crippen molar-refractivity contribution in [2.24, 2.45) is 5.73 Å². The molecule has 0 radical (unpaired) electrons. The predicted octanol–water partition coefficient (Wildman–Crippen LogP) is 9.76. The summed E-state index contributed by atoms with van der Waals surface area (Å²) >= 11 is 9.42. The number of nitrogens with one attached hydrogen (secondary N) is 2. The Kier molecular flexibility index (Phi) is 11.3. The maximum Gasteiger partial charge on any atom is 0.252 e. The quantitative estimate of drug-likeness (QED) is 0.128. The van der Waals surface area contributed by atoms with E-state index in [0.29, 0.717) is 23.4 Å². The van der Waals surface area contributed by atoms with Crippen LogP contribution in [0.4, 0.5) is 0 Å². The molecule has 11 heteroatoms. The van der Waals surface area contributed by atoms with Crippen molar-refractivity contribution in [3.63, 3.8) is 0 Å². The number of fused-ring (bicyclic) bond motifs is 1. The van der Waals surface area contributed by atoms with Crippen molar-refractivity contribution in [2.75, 3.05) is 14.2 Å². The van der Waals surface area contributed by atoms with Gasteiger partial charge in [-0.15, -0.1) is 22.7 Å². The summed E-state index contributed by atoms with van der Waals surface area (Å²) in [6.07, 6.45) is 24.6. The number of aromatic amines is 1. The number of carbonyl (C=O) groups is 1. The van der Waals surface area contributed by atoms with Crippen LogP contribution in [0.5, 0.6) is 11.5 Å². The van der Waals surface area contributed by atoms with Gasteiger partial charge in [-0.2, -0.15) is 0 Å². The number of methoxy groups -OCH3 is 2. The van der Waals surface area contributed by atoms with Gasteiger partial charge in [0.15, 0.2) is 0 Å². The number of carbonyl (C=O) groups excluding carboxylic acids is 1. The van der Waals surface area contributed by atoms with E-state index in [1.807, 2.05) is 77.7 Å². The highest BCUT2D eigenvalue weighted by molar-refractivity contribution is 7.13. The van der Waals surface area contributed by atoms with Crippen molar-refractivity contribution in [2.45, 2.75) is 36.8 Å². The summed E-state index contributed by atoms with van der Waals surface area (Å²) in [4.78, 5) is 25.4. The van der Waals surface area contributed by atoms with E-state index in [1.165, 1.54) is 5.56 Å². The van der Waals surface area contributed by atoms with Gasteiger partial charge in [0.05, 0.1) is 24.8 Å². The van der Waals surface area contributed by atoms with Gasteiger partial charge in [-0.25, -0.2) is 9.97 Å². The van der Waals surface area contributed by atoms with Gasteiger partial charge < -0.3 is 25.5 Å². The van der Waals surface area contributed by atoms with E-state index < -0.39 is 5.54 Å². The van der Waals surface area contributed by atoms with Gasteiger partial charge in [-0.3, -0.25) is 4.79 Å². The minimum Gasteiger partial charge on any atom is -0.497 e. The monoisotopic (exact) mass is 773 g/mol. The molecule has 3 heterocycles. The molecule has 1 amide bonds. The Morgan fingerprint density at radius 3 is 2.02 bits per heavy atom. The van der Waals surface area contributed by atoms with E-state index in [9.17, 15) is 4.79 Å². The fourth-order valence-electron chi connectivity index (χ4n) is 6.79. The molecule has 0 unspecified atom stereocenters. The molecule has 0 saturated heterocycles. The molecular formula is C43H40ClN5O3S2. The summed E-state index contributed by atoms with van der Waals surface area (Å²) in [6.45, 7) is 0. The number of hydrogen-bond donors (Lipinski definition) is 3. The van der Waals surface area contributed by atoms with Gasteiger partial charge in [-0.05, 0) is 78.9 Å². The number of nitrogens with two attached hydrogens (primary N) is 1. The number of thiazole rings is 2. The van der Waals surface area contributed by atoms with E-state index >= 15 is 0 Å². The molecule has 3 aromatic carbocycles. The van der Waals surface area contributed by atoms with E-state index in [4.69, 9.17) is 26.8 Å². The third-order valence-corrected chi connectivity index (χ3v) is 11.5. The lowest BCUT2D eigenvalue weighted by Gasteiger charge is -2.33. The fourth-order valence-corrected chi connectivity index (χ4v) is 8.40. The molecule has 8 nitrogen and oxygen atoms in total. The average Bonchev–Trinajstić information content (AvgIpc) is 3.99. The molecule has 6 aromatic rings. The van der Waals surface area contributed by atoms with Gasteiger partial charge in [0.25, 0.3) is 5.91 Å². The van der Waals surface area contributed by atoms with Crippen LogP contribution in [-0.2, 0) is 12.8 Å². The fraction of sp³-hybridized carbons (Fsp3) is 0.186. The Hall–Kier alpha value is -5.26. The molecule has 3 aromatic heterocycles. The highest BCUT2D eigenvalue weighted by Gasteiger charge is 2.32. The number of benzene rings is 3. The van der Waals surface area contributed by atoms with Crippen LogP contribution in [0.1, 0.15) is 34.3 Å². The maximum absolute atomic E-state index is 13.3.